The quantitative estimate of drug-likeness (QED) is 0.702. The minimum atomic E-state index is -3.51. The summed E-state index contributed by atoms with van der Waals surface area (Å²) in [4.78, 5) is 5.22. The average molecular weight is 412 g/mol. The van der Waals surface area contributed by atoms with Crippen LogP contribution in [-0.2, 0) is 14.8 Å². The van der Waals surface area contributed by atoms with Crippen molar-refractivity contribution in [1.82, 2.24) is 14.1 Å². The first-order valence-corrected chi connectivity index (χ1v) is 11.5. The molecule has 2 aliphatic heterocycles. The first-order chi connectivity index (χ1) is 13.3. The van der Waals surface area contributed by atoms with Gasteiger partial charge in [0.1, 0.15) is 5.75 Å². The molecule has 0 aromatic heterocycles. The summed E-state index contributed by atoms with van der Waals surface area (Å²) in [6.45, 7) is 13.9. The fraction of sp³-hybridized carbons (Fsp3) is 0.700. The zero-order chi connectivity index (χ0) is 20.3. The number of sulfonamides is 1. The molecular weight excluding hydrogens is 378 g/mol. The fourth-order valence-corrected chi connectivity index (χ4v) is 5.97. The highest BCUT2D eigenvalue weighted by atomic mass is 32.2. The Bertz CT molecular complexity index is 783. The molecule has 0 spiro atoms. The van der Waals surface area contributed by atoms with Crippen LogP contribution in [0.25, 0.3) is 0 Å². The largest absolute Gasteiger partial charge is 0.496 e. The number of hydrogen-bond acceptors (Lipinski definition) is 6. The van der Waals surface area contributed by atoms with E-state index in [1.165, 1.54) is 0 Å². The van der Waals surface area contributed by atoms with Crippen LogP contribution in [0.1, 0.15) is 16.7 Å². The molecule has 8 heteroatoms. The number of aryl methyl sites for hydroxylation is 1. The van der Waals surface area contributed by atoms with Crippen LogP contribution < -0.4 is 4.74 Å². The SMILES string of the molecule is COc1cc(C)c(S(=O)(=O)N2CCN(CCN3CCOCC3)CC2)c(C)c1C. The molecule has 0 aliphatic carbocycles. The Morgan fingerprint density at radius 2 is 1.50 bits per heavy atom. The van der Waals surface area contributed by atoms with Crippen LogP contribution in [0.2, 0.25) is 0 Å². The monoisotopic (exact) mass is 411 g/mol. The van der Waals surface area contributed by atoms with Crippen molar-refractivity contribution in [3.63, 3.8) is 0 Å². The highest BCUT2D eigenvalue weighted by Crippen LogP contribution is 2.32. The molecule has 28 heavy (non-hydrogen) atoms. The number of rotatable bonds is 6. The van der Waals surface area contributed by atoms with Gasteiger partial charge in [0.25, 0.3) is 0 Å². The summed E-state index contributed by atoms with van der Waals surface area (Å²) in [6.07, 6.45) is 0. The van der Waals surface area contributed by atoms with Gasteiger partial charge in [0, 0.05) is 52.4 Å². The molecule has 0 radical (unpaired) electrons. The summed E-state index contributed by atoms with van der Waals surface area (Å²) in [6, 6.07) is 1.83. The molecule has 158 valence electrons. The van der Waals surface area contributed by atoms with Crippen LogP contribution in [0.3, 0.4) is 0 Å². The second-order valence-electron chi connectivity index (χ2n) is 7.67. The van der Waals surface area contributed by atoms with Gasteiger partial charge in [-0.2, -0.15) is 4.31 Å². The number of hydrogen-bond donors (Lipinski definition) is 0. The van der Waals surface area contributed by atoms with Gasteiger partial charge >= 0.3 is 0 Å². The van der Waals surface area contributed by atoms with E-state index in [2.05, 4.69) is 9.80 Å². The number of morpholine rings is 1. The van der Waals surface area contributed by atoms with Gasteiger partial charge in [-0.05, 0) is 43.5 Å². The van der Waals surface area contributed by atoms with Crippen LogP contribution in [-0.4, -0.2) is 95.2 Å². The van der Waals surface area contributed by atoms with Crippen molar-refractivity contribution in [3.8, 4) is 5.75 Å². The third kappa shape index (κ3) is 4.52. The molecule has 0 atom stereocenters. The van der Waals surface area contributed by atoms with Crippen molar-refractivity contribution in [2.45, 2.75) is 25.7 Å². The smallest absolute Gasteiger partial charge is 0.243 e. The lowest BCUT2D eigenvalue weighted by Gasteiger charge is -2.36. The Morgan fingerprint density at radius 3 is 2.07 bits per heavy atom. The first kappa shape index (κ1) is 21.5. The zero-order valence-electron chi connectivity index (χ0n) is 17.5. The lowest BCUT2D eigenvalue weighted by molar-refractivity contribution is 0.0317. The standard InChI is InChI=1S/C20H33N3O4S/c1-16-15-19(26-4)17(2)18(3)20(16)28(24,25)23-9-7-21(8-10-23)5-6-22-11-13-27-14-12-22/h15H,5-14H2,1-4H3. The third-order valence-corrected chi connectivity index (χ3v) is 8.15. The van der Waals surface area contributed by atoms with Crippen LogP contribution in [0.5, 0.6) is 5.75 Å². The van der Waals surface area contributed by atoms with E-state index < -0.39 is 10.0 Å². The number of piperazine rings is 1. The lowest BCUT2D eigenvalue weighted by Crippen LogP contribution is -2.51. The van der Waals surface area contributed by atoms with E-state index in [1.54, 1.807) is 11.4 Å². The number of methoxy groups -OCH3 is 1. The summed E-state index contributed by atoms with van der Waals surface area (Å²) in [5.74, 6) is 0.738. The lowest BCUT2D eigenvalue weighted by atomic mass is 10.1. The minimum Gasteiger partial charge on any atom is -0.496 e. The van der Waals surface area contributed by atoms with Gasteiger partial charge in [0.05, 0.1) is 25.2 Å². The Morgan fingerprint density at radius 1 is 0.929 bits per heavy atom. The fourth-order valence-electron chi connectivity index (χ4n) is 4.06. The van der Waals surface area contributed by atoms with Crippen LogP contribution in [0, 0.1) is 20.8 Å². The van der Waals surface area contributed by atoms with Gasteiger partial charge in [-0.15, -0.1) is 0 Å². The molecule has 2 saturated heterocycles. The Kier molecular flexibility index (Phi) is 6.98. The molecule has 1 aromatic carbocycles. The maximum absolute atomic E-state index is 13.3. The normalized spacial score (nSPS) is 20.4. The van der Waals surface area contributed by atoms with Crippen LogP contribution in [0.15, 0.2) is 11.0 Å². The van der Waals surface area contributed by atoms with Gasteiger partial charge in [0.15, 0.2) is 0 Å². The van der Waals surface area contributed by atoms with Crippen molar-refractivity contribution in [1.29, 1.82) is 0 Å². The summed E-state index contributed by atoms with van der Waals surface area (Å²) in [5, 5.41) is 0. The van der Waals surface area contributed by atoms with Gasteiger partial charge in [-0.25, -0.2) is 8.42 Å². The molecule has 7 nitrogen and oxygen atoms in total. The average Bonchev–Trinajstić information content (AvgIpc) is 2.70. The molecule has 0 amide bonds. The molecule has 0 unspecified atom stereocenters. The molecule has 1 aromatic rings. The second-order valence-corrected chi connectivity index (χ2v) is 9.55. The number of nitrogens with zero attached hydrogens (tertiary/aromatic N) is 3. The highest BCUT2D eigenvalue weighted by Gasteiger charge is 2.32. The second kappa shape index (κ2) is 9.09. The van der Waals surface area contributed by atoms with Gasteiger partial charge in [-0.3, -0.25) is 9.80 Å². The molecule has 2 fully saturated rings. The Hall–Kier alpha value is -1.19. The van der Waals surface area contributed by atoms with Crippen molar-refractivity contribution in [2.75, 3.05) is 72.7 Å². The summed E-state index contributed by atoms with van der Waals surface area (Å²) in [5.41, 5.74) is 2.41. The third-order valence-electron chi connectivity index (χ3n) is 5.96. The molecular formula is C20H33N3O4S. The maximum Gasteiger partial charge on any atom is 0.243 e. The summed E-state index contributed by atoms with van der Waals surface area (Å²) < 4.78 is 39.1. The minimum absolute atomic E-state index is 0.438. The van der Waals surface area contributed by atoms with Gasteiger partial charge in [-0.1, -0.05) is 0 Å². The van der Waals surface area contributed by atoms with E-state index >= 15 is 0 Å². The highest BCUT2D eigenvalue weighted by molar-refractivity contribution is 7.89. The molecule has 0 bridgehead atoms. The van der Waals surface area contributed by atoms with Gasteiger partial charge < -0.3 is 9.47 Å². The summed E-state index contributed by atoms with van der Waals surface area (Å²) in [7, 11) is -1.89. The molecule has 0 saturated carbocycles. The molecule has 3 rings (SSSR count). The van der Waals surface area contributed by atoms with E-state index in [9.17, 15) is 8.42 Å². The van der Waals surface area contributed by atoms with Crippen molar-refractivity contribution in [3.05, 3.63) is 22.8 Å². The predicted octanol–water partition coefficient (Wildman–Crippen LogP) is 1.26. The van der Waals surface area contributed by atoms with E-state index in [4.69, 9.17) is 9.47 Å². The van der Waals surface area contributed by atoms with Crippen molar-refractivity contribution < 1.29 is 17.9 Å². The first-order valence-electron chi connectivity index (χ1n) is 10.0. The van der Waals surface area contributed by atoms with E-state index in [1.807, 2.05) is 26.8 Å². The molecule has 2 aliphatic rings. The topological polar surface area (TPSA) is 62.3 Å². The number of benzene rings is 1. The Balaban J connectivity index is 1.64. The number of ether oxygens (including phenoxy) is 2. The maximum atomic E-state index is 13.3. The molecule has 0 N–H and O–H groups in total. The van der Waals surface area contributed by atoms with Crippen molar-refractivity contribution in [2.24, 2.45) is 0 Å². The molecule has 2 heterocycles. The van der Waals surface area contributed by atoms with E-state index in [0.29, 0.717) is 18.0 Å². The Labute approximate surface area is 169 Å². The van der Waals surface area contributed by atoms with Crippen molar-refractivity contribution >= 4 is 10.0 Å². The van der Waals surface area contributed by atoms with Crippen LogP contribution in [0.4, 0.5) is 0 Å². The summed E-state index contributed by atoms with van der Waals surface area (Å²) >= 11 is 0. The zero-order valence-corrected chi connectivity index (χ0v) is 18.3. The van der Waals surface area contributed by atoms with E-state index in [-0.39, 0.29) is 0 Å². The predicted molar refractivity (Wildman–Crippen MR) is 110 cm³/mol. The van der Waals surface area contributed by atoms with Gasteiger partial charge in [0.2, 0.25) is 10.0 Å². The van der Waals surface area contributed by atoms with E-state index in [0.717, 1.165) is 74.9 Å². The van der Waals surface area contributed by atoms with Crippen LogP contribution >= 0.6 is 0 Å².